The van der Waals surface area contributed by atoms with E-state index in [0.717, 1.165) is 12.8 Å². The average molecular weight is 338 g/mol. The number of nitrogens with one attached hydrogen (secondary N) is 2. The zero-order chi connectivity index (χ0) is 17.5. The lowest BCUT2D eigenvalue weighted by Gasteiger charge is -2.12. The Hall–Kier alpha value is -2.82. The van der Waals surface area contributed by atoms with Crippen molar-refractivity contribution < 1.29 is 14.3 Å². The molecule has 0 saturated carbocycles. The summed E-state index contributed by atoms with van der Waals surface area (Å²) >= 11 is 0. The molecule has 2 N–H and O–H groups in total. The highest BCUT2D eigenvalue weighted by atomic mass is 16.5. The number of benzene rings is 2. The van der Waals surface area contributed by atoms with Gasteiger partial charge in [0.15, 0.2) is 0 Å². The third-order valence-corrected chi connectivity index (χ3v) is 4.19. The third kappa shape index (κ3) is 4.83. The molecule has 2 aromatic rings. The Morgan fingerprint density at radius 1 is 1.12 bits per heavy atom. The number of ether oxygens (including phenoxy) is 1. The lowest BCUT2D eigenvalue weighted by molar-refractivity contribution is -0.128. The van der Waals surface area contributed by atoms with Gasteiger partial charge >= 0.3 is 0 Å². The summed E-state index contributed by atoms with van der Waals surface area (Å²) in [7, 11) is 0. The maximum atomic E-state index is 12.3. The number of hydrogen-bond donors (Lipinski definition) is 2. The van der Waals surface area contributed by atoms with Crippen LogP contribution in [0.5, 0.6) is 5.75 Å². The first-order valence-corrected chi connectivity index (χ1v) is 8.55. The van der Waals surface area contributed by atoms with E-state index in [9.17, 15) is 9.59 Å². The van der Waals surface area contributed by atoms with Crippen LogP contribution in [-0.4, -0.2) is 25.0 Å². The van der Waals surface area contributed by atoms with Gasteiger partial charge in [-0.25, -0.2) is 0 Å². The average Bonchev–Trinajstić information content (AvgIpc) is 2.79. The van der Waals surface area contributed by atoms with Gasteiger partial charge in [0.2, 0.25) is 11.8 Å². The normalized spacial score (nSPS) is 16.2. The van der Waals surface area contributed by atoms with Crippen LogP contribution >= 0.6 is 0 Å². The van der Waals surface area contributed by atoms with Crippen molar-refractivity contribution in [3.63, 3.8) is 0 Å². The van der Waals surface area contributed by atoms with Crippen LogP contribution in [0.3, 0.4) is 0 Å². The summed E-state index contributed by atoms with van der Waals surface area (Å²) in [4.78, 5) is 24.4. The Morgan fingerprint density at radius 2 is 1.88 bits per heavy atom. The van der Waals surface area contributed by atoms with E-state index in [1.807, 2.05) is 36.4 Å². The first-order chi connectivity index (χ1) is 12.2. The van der Waals surface area contributed by atoms with E-state index in [0.29, 0.717) is 18.0 Å². The molecule has 5 heteroatoms. The molecule has 1 aliphatic rings. The minimum Gasteiger partial charge on any atom is -0.491 e. The van der Waals surface area contributed by atoms with Crippen molar-refractivity contribution in [2.75, 3.05) is 18.5 Å². The summed E-state index contributed by atoms with van der Waals surface area (Å²) in [5.41, 5.74) is 1.91. The number of rotatable bonds is 6. The molecule has 2 amide bonds. The molecule has 3 rings (SSSR count). The van der Waals surface area contributed by atoms with Crippen LogP contribution in [0.4, 0.5) is 5.69 Å². The Labute approximate surface area is 147 Å². The summed E-state index contributed by atoms with van der Waals surface area (Å²) < 4.78 is 5.65. The van der Waals surface area contributed by atoms with E-state index in [1.165, 1.54) is 5.56 Å². The number of fused-ring (bicyclic) bond motifs is 1. The predicted octanol–water partition coefficient (Wildman–Crippen LogP) is 2.77. The molecule has 0 saturated heterocycles. The summed E-state index contributed by atoms with van der Waals surface area (Å²) in [5, 5.41) is 5.71. The van der Waals surface area contributed by atoms with Crippen molar-refractivity contribution in [1.29, 1.82) is 0 Å². The fraction of sp³-hybridized carbons (Fsp3) is 0.300. The monoisotopic (exact) mass is 338 g/mol. The SMILES string of the molecule is O=C(CC1COc2ccccc2NC1=O)NCCCc1ccccc1. The zero-order valence-electron chi connectivity index (χ0n) is 14.0. The van der Waals surface area contributed by atoms with Crippen LogP contribution in [0.25, 0.3) is 0 Å². The number of para-hydroxylation sites is 2. The molecule has 130 valence electrons. The molecule has 0 radical (unpaired) electrons. The summed E-state index contributed by atoms with van der Waals surface area (Å²) in [6, 6.07) is 17.4. The van der Waals surface area contributed by atoms with E-state index in [4.69, 9.17) is 4.74 Å². The quantitative estimate of drug-likeness (QED) is 0.796. The van der Waals surface area contributed by atoms with Crippen molar-refractivity contribution >= 4 is 17.5 Å². The number of anilines is 1. The number of hydrogen-bond acceptors (Lipinski definition) is 3. The highest BCUT2D eigenvalue weighted by Crippen LogP contribution is 2.28. The molecule has 25 heavy (non-hydrogen) atoms. The molecule has 0 aliphatic carbocycles. The van der Waals surface area contributed by atoms with Gasteiger partial charge in [0.05, 0.1) is 11.6 Å². The van der Waals surface area contributed by atoms with Crippen molar-refractivity contribution in [2.24, 2.45) is 5.92 Å². The van der Waals surface area contributed by atoms with Gasteiger partial charge in [-0.05, 0) is 30.5 Å². The molecule has 1 heterocycles. The first-order valence-electron chi connectivity index (χ1n) is 8.55. The van der Waals surface area contributed by atoms with Crippen molar-refractivity contribution in [3.05, 3.63) is 60.2 Å². The largest absolute Gasteiger partial charge is 0.491 e. The summed E-state index contributed by atoms with van der Waals surface area (Å²) in [6.07, 6.45) is 1.92. The van der Waals surface area contributed by atoms with Gasteiger partial charge in [0.1, 0.15) is 12.4 Å². The van der Waals surface area contributed by atoms with Crippen LogP contribution in [0, 0.1) is 5.92 Å². The Kier molecular flexibility index (Phi) is 5.67. The van der Waals surface area contributed by atoms with E-state index < -0.39 is 5.92 Å². The van der Waals surface area contributed by atoms with Gasteiger partial charge in [-0.3, -0.25) is 9.59 Å². The Morgan fingerprint density at radius 3 is 2.72 bits per heavy atom. The molecule has 2 aromatic carbocycles. The molecule has 0 spiro atoms. The maximum Gasteiger partial charge on any atom is 0.231 e. The molecular formula is C20H22N2O3. The van der Waals surface area contributed by atoms with Gasteiger partial charge in [0.25, 0.3) is 0 Å². The second kappa shape index (κ2) is 8.33. The highest BCUT2D eigenvalue weighted by molar-refractivity contribution is 5.97. The lowest BCUT2D eigenvalue weighted by Crippen LogP contribution is -2.33. The Bertz CT molecular complexity index is 731. The van der Waals surface area contributed by atoms with Crippen LogP contribution < -0.4 is 15.4 Å². The van der Waals surface area contributed by atoms with E-state index >= 15 is 0 Å². The van der Waals surface area contributed by atoms with Gasteiger partial charge in [-0.2, -0.15) is 0 Å². The van der Waals surface area contributed by atoms with E-state index in [-0.39, 0.29) is 24.8 Å². The van der Waals surface area contributed by atoms with Gasteiger partial charge in [0, 0.05) is 13.0 Å². The number of amides is 2. The van der Waals surface area contributed by atoms with E-state index in [1.54, 1.807) is 6.07 Å². The van der Waals surface area contributed by atoms with Crippen LogP contribution in [0.2, 0.25) is 0 Å². The smallest absolute Gasteiger partial charge is 0.231 e. The topological polar surface area (TPSA) is 67.4 Å². The molecule has 1 aliphatic heterocycles. The zero-order valence-corrected chi connectivity index (χ0v) is 14.0. The third-order valence-electron chi connectivity index (χ3n) is 4.19. The van der Waals surface area contributed by atoms with Gasteiger partial charge in [-0.1, -0.05) is 42.5 Å². The predicted molar refractivity (Wildman–Crippen MR) is 96.4 cm³/mol. The standard InChI is InChI=1S/C20H22N2O3/c23-19(21-12-6-9-15-7-2-1-3-8-15)13-16-14-25-18-11-5-4-10-17(18)22-20(16)24/h1-5,7-8,10-11,16H,6,9,12-14H2,(H,21,23)(H,22,24). The summed E-state index contributed by atoms with van der Waals surface area (Å²) in [5.74, 6) is -0.143. The molecule has 5 nitrogen and oxygen atoms in total. The molecule has 0 bridgehead atoms. The minimum absolute atomic E-state index is 0.122. The number of aryl methyl sites for hydroxylation is 1. The fourth-order valence-electron chi connectivity index (χ4n) is 2.81. The van der Waals surface area contributed by atoms with Gasteiger partial charge in [-0.15, -0.1) is 0 Å². The van der Waals surface area contributed by atoms with Gasteiger partial charge < -0.3 is 15.4 Å². The lowest BCUT2D eigenvalue weighted by atomic mass is 10.1. The van der Waals surface area contributed by atoms with Crippen LogP contribution in [0.1, 0.15) is 18.4 Å². The summed E-state index contributed by atoms with van der Waals surface area (Å²) in [6.45, 7) is 0.809. The molecule has 0 aromatic heterocycles. The minimum atomic E-state index is -0.485. The van der Waals surface area contributed by atoms with Crippen LogP contribution in [0.15, 0.2) is 54.6 Å². The van der Waals surface area contributed by atoms with Crippen LogP contribution in [-0.2, 0) is 16.0 Å². The molecular weight excluding hydrogens is 316 g/mol. The first kappa shape index (κ1) is 17.0. The second-order valence-electron chi connectivity index (χ2n) is 6.14. The maximum absolute atomic E-state index is 12.3. The van der Waals surface area contributed by atoms with Crippen molar-refractivity contribution in [2.45, 2.75) is 19.3 Å². The highest BCUT2D eigenvalue weighted by Gasteiger charge is 2.26. The molecule has 0 fully saturated rings. The number of carbonyl (C=O) groups excluding carboxylic acids is 2. The van der Waals surface area contributed by atoms with Crippen molar-refractivity contribution in [3.8, 4) is 5.75 Å². The Balaban J connectivity index is 1.43. The van der Waals surface area contributed by atoms with Crippen molar-refractivity contribution in [1.82, 2.24) is 5.32 Å². The molecule has 1 atom stereocenters. The fourth-order valence-corrected chi connectivity index (χ4v) is 2.81. The second-order valence-corrected chi connectivity index (χ2v) is 6.14. The van der Waals surface area contributed by atoms with E-state index in [2.05, 4.69) is 22.8 Å². The number of carbonyl (C=O) groups is 2. The molecule has 1 unspecified atom stereocenters.